The molecule has 0 aromatic heterocycles. The van der Waals surface area contributed by atoms with E-state index in [-0.39, 0.29) is 0 Å². The number of benzene rings is 1. The predicted octanol–water partition coefficient (Wildman–Crippen LogP) is 2.52. The Kier molecular flexibility index (Phi) is 5.92. The minimum Gasteiger partial charge on any atom is -0.379 e. The van der Waals surface area contributed by atoms with Crippen molar-refractivity contribution in [2.75, 3.05) is 39.4 Å². The van der Waals surface area contributed by atoms with Gasteiger partial charge >= 0.3 is 0 Å². The van der Waals surface area contributed by atoms with Crippen molar-refractivity contribution in [1.82, 2.24) is 10.2 Å². The third kappa shape index (κ3) is 4.52. The number of halogens is 2. The van der Waals surface area contributed by atoms with Crippen LogP contribution in [0.4, 0.5) is 0 Å². The molecule has 1 heterocycles. The summed E-state index contributed by atoms with van der Waals surface area (Å²) in [7, 11) is 0. The van der Waals surface area contributed by atoms with E-state index in [1.165, 1.54) is 5.56 Å². The Hall–Kier alpha value is -0.130. The summed E-state index contributed by atoms with van der Waals surface area (Å²) in [6.45, 7) is 6.75. The molecule has 0 atom stereocenters. The zero-order valence-corrected chi connectivity index (χ0v) is 12.6. The summed E-state index contributed by atoms with van der Waals surface area (Å²) < 4.78 is 6.26. The Bertz CT molecular complexity index is 383. The molecule has 1 aliphatic heterocycles. The van der Waals surface area contributed by atoms with Crippen LogP contribution in [0.5, 0.6) is 0 Å². The summed E-state index contributed by atoms with van der Waals surface area (Å²) >= 11 is 9.44. The normalized spacial score (nSPS) is 17.0. The maximum absolute atomic E-state index is 6.05. The quantitative estimate of drug-likeness (QED) is 0.838. The molecule has 1 saturated heterocycles. The van der Waals surface area contributed by atoms with Gasteiger partial charge in [0.2, 0.25) is 0 Å². The van der Waals surface area contributed by atoms with Crippen molar-refractivity contribution in [3.8, 4) is 0 Å². The first kappa shape index (κ1) is 14.3. The molecule has 1 N–H and O–H groups in total. The fourth-order valence-corrected chi connectivity index (χ4v) is 2.39. The van der Waals surface area contributed by atoms with E-state index in [1.807, 2.05) is 12.1 Å². The van der Waals surface area contributed by atoms with Gasteiger partial charge < -0.3 is 10.1 Å². The van der Waals surface area contributed by atoms with Gasteiger partial charge in [-0.2, -0.15) is 0 Å². The van der Waals surface area contributed by atoms with Crippen LogP contribution in [0.25, 0.3) is 0 Å². The third-order valence-corrected chi connectivity index (χ3v) is 4.25. The lowest BCUT2D eigenvalue weighted by molar-refractivity contribution is 0.0384. The summed E-state index contributed by atoms with van der Waals surface area (Å²) in [5.41, 5.74) is 1.21. The Morgan fingerprint density at radius 3 is 2.83 bits per heavy atom. The van der Waals surface area contributed by atoms with E-state index >= 15 is 0 Å². The molecular formula is C13H18BrClN2O. The Balaban J connectivity index is 1.66. The van der Waals surface area contributed by atoms with E-state index in [0.29, 0.717) is 0 Å². The first-order chi connectivity index (χ1) is 8.75. The van der Waals surface area contributed by atoms with Crippen LogP contribution in [0, 0.1) is 0 Å². The fourth-order valence-electron chi connectivity index (χ4n) is 1.94. The molecule has 5 heteroatoms. The van der Waals surface area contributed by atoms with Gasteiger partial charge in [0.1, 0.15) is 0 Å². The number of nitrogens with one attached hydrogen (secondary N) is 1. The molecule has 1 aromatic carbocycles. The lowest BCUT2D eigenvalue weighted by Gasteiger charge is -2.26. The lowest BCUT2D eigenvalue weighted by atomic mass is 10.2. The van der Waals surface area contributed by atoms with Crippen LogP contribution in [0.3, 0.4) is 0 Å². The van der Waals surface area contributed by atoms with Crippen LogP contribution >= 0.6 is 27.5 Å². The van der Waals surface area contributed by atoms with E-state index in [9.17, 15) is 0 Å². The molecule has 2 rings (SSSR count). The second kappa shape index (κ2) is 7.46. The van der Waals surface area contributed by atoms with Crippen molar-refractivity contribution in [2.24, 2.45) is 0 Å². The molecule has 0 radical (unpaired) electrons. The number of hydrogen-bond donors (Lipinski definition) is 1. The lowest BCUT2D eigenvalue weighted by Crippen LogP contribution is -2.40. The van der Waals surface area contributed by atoms with Crippen molar-refractivity contribution in [3.05, 3.63) is 33.3 Å². The van der Waals surface area contributed by atoms with E-state index < -0.39 is 0 Å². The maximum Gasteiger partial charge on any atom is 0.0594 e. The topological polar surface area (TPSA) is 24.5 Å². The Morgan fingerprint density at radius 2 is 2.11 bits per heavy atom. The van der Waals surface area contributed by atoms with Crippen LogP contribution < -0.4 is 5.32 Å². The minimum atomic E-state index is 0.766. The highest BCUT2D eigenvalue weighted by Crippen LogP contribution is 2.22. The molecule has 0 bridgehead atoms. The zero-order chi connectivity index (χ0) is 12.8. The number of rotatable bonds is 5. The molecule has 100 valence electrons. The van der Waals surface area contributed by atoms with E-state index in [1.54, 1.807) is 0 Å². The van der Waals surface area contributed by atoms with Crippen LogP contribution in [0.15, 0.2) is 22.7 Å². The average Bonchev–Trinajstić information content (AvgIpc) is 2.40. The van der Waals surface area contributed by atoms with Gasteiger partial charge in [0, 0.05) is 37.2 Å². The van der Waals surface area contributed by atoms with Gasteiger partial charge in [0.15, 0.2) is 0 Å². The van der Waals surface area contributed by atoms with Gasteiger partial charge in [0.25, 0.3) is 0 Å². The van der Waals surface area contributed by atoms with Crippen LogP contribution in [0.2, 0.25) is 5.02 Å². The molecular weight excluding hydrogens is 316 g/mol. The summed E-state index contributed by atoms with van der Waals surface area (Å²) in [4.78, 5) is 2.42. The molecule has 1 aromatic rings. The summed E-state index contributed by atoms with van der Waals surface area (Å²) in [6.07, 6.45) is 0. The second-order valence-electron chi connectivity index (χ2n) is 4.38. The Morgan fingerprint density at radius 1 is 1.33 bits per heavy atom. The molecule has 0 saturated carbocycles. The first-order valence-electron chi connectivity index (χ1n) is 6.20. The number of hydrogen-bond acceptors (Lipinski definition) is 3. The standard InChI is InChI=1S/C13H18BrClN2O/c14-12-2-1-11(9-13(12)15)10-16-3-4-17-5-7-18-8-6-17/h1-2,9,16H,3-8,10H2. The van der Waals surface area contributed by atoms with Crippen molar-refractivity contribution in [3.63, 3.8) is 0 Å². The van der Waals surface area contributed by atoms with E-state index in [2.05, 4.69) is 32.2 Å². The number of ether oxygens (including phenoxy) is 1. The molecule has 0 aliphatic carbocycles. The highest BCUT2D eigenvalue weighted by molar-refractivity contribution is 9.10. The fraction of sp³-hybridized carbons (Fsp3) is 0.538. The van der Waals surface area contributed by atoms with Crippen molar-refractivity contribution in [1.29, 1.82) is 0 Å². The highest BCUT2D eigenvalue weighted by atomic mass is 79.9. The molecule has 1 fully saturated rings. The second-order valence-corrected chi connectivity index (χ2v) is 5.64. The number of morpholine rings is 1. The van der Waals surface area contributed by atoms with Gasteiger partial charge in [-0.05, 0) is 33.6 Å². The van der Waals surface area contributed by atoms with Crippen LogP contribution in [-0.4, -0.2) is 44.3 Å². The average molecular weight is 334 g/mol. The van der Waals surface area contributed by atoms with Gasteiger partial charge in [-0.3, -0.25) is 4.90 Å². The first-order valence-corrected chi connectivity index (χ1v) is 7.37. The van der Waals surface area contributed by atoms with Gasteiger partial charge in [-0.25, -0.2) is 0 Å². The van der Waals surface area contributed by atoms with Crippen molar-refractivity contribution >= 4 is 27.5 Å². The molecule has 18 heavy (non-hydrogen) atoms. The molecule has 0 amide bonds. The van der Waals surface area contributed by atoms with E-state index in [0.717, 1.165) is 55.4 Å². The van der Waals surface area contributed by atoms with Crippen LogP contribution in [-0.2, 0) is 11.3 Å². The monoisotopic (exact) mass is 332 g/mol. The van der Waals surface area contributed by atoms with Crippen molar-refractivity contribution < 1.29 is 4.74 Å². The van der Waals surface area contributed by atoms with Gasteiger partial charge in [0.05, 0.1) is 18.2 Å². The van der Waals surface area contributed by atoms with Crippen LogP contribution in [0.1, 0.15) is 5.56 Å². The largest absolute Gasteiger partial charge is 0.379 e. The smallest absolute Gasteiger partial charge is 0.0594 e. The summed E-state index contributed by atoms with van der Waals surface area (Å²) in [6, 6.07) is 6.06. The predicted molar refractivity (Wildman–Crippen MR) is 78.1 cm³/mol. The molecule has 3 nitrogen and oxygen atoms in total. The zero-order valence-electron chi connectivity index (χ0n) is 10.3. The SMILES string of the molecule is Clc1cc(CNCCN2CCOCC2)ccc1Br. The van der Waals surface area contributed by atoms with Gasteiger partial charge in [-0.15, -0.1) is 0 Å². The number of nitrogens with zero attached hydrogens (tertiary/aromatic N) is 1. The third-order valence-electron chi connectivity index (χ3n) is 3.02. The minimum absolute atomic E-state index is 0.766. The Labute approximate surface area is 122 Å². The van der Waals surface area contributed by atoms with Gasteiger partial charge in [-0.1, -0.05) is 17.7 Å². The molecule has 1 aliphatic rings. The molecule has 0 spiro atoms. The van der Waals surface area contributed by atoms with Crippen molar-refractivity contribution in [2.45, 2.75) is 6.54 Å². The van der Waals surface area contributed by atoms with E-state index in [4.69, 9.17) is 16.3 Å². The maximum atomic E-state index is 6.05. The summed E-state index contributed by atoms with van der Waals surface area (Å²) in [5, 5.41) is 4.21. The summed E-state index contributed by atoms with van der Waals surface area (Å²) in [5.74, 6) is 0. The highest BCUT2D eigenvalue weighted by Gasteiger charge is 2.08. The molecule has 0 unspecified atom stereocenters.